The molecule has 0 saturated carbocycles. The molecule has 3 nitrogen and oxygen atoms in total. The first-order valence-electron chi connectivity index (χ1n) is 10.3. The summed E-state index contributed by atoms with van der Waals surface area (Å²) >= 11 is 0. The topological polar surface area (TPSA) is 32.5 Å². The number of nitrogen functional groups attached to an aromatic ring is 1. The van der Waals surface area contributed by atoms with Crippen LogP contribution in [0.5, 0.6) is 0 Å². The van der Waals surface area contributed by atoms with E-state index in [1.54, 1.807) is 0 Å². The van der Waals surface area contributed by atoms with E-state index >= 15 is 0 Å². The number of anilines is 1. The highest BCUT2D eigenvalue weighted by atomic mass is 15.3. The van der Waals surface area contributed by atoms with E-state index in [0.29, 0.717) is 5.41 Å². The summed E-state index contributed by atoms with van der Waals surface area (Å²) in [5, 5.41) is 0. The van der Waals surface area contributed by atoms with E-state index in [1.165, 1.54) is 36.2 Å². The van der Waals surface area contributed by atoms with Gasteiger partial charge in [-0.2, -0.15) is 0 Å². The minimum absolute atomic E-state index is 0.0385. The maximum atomic E-state index is 6.38. The van der Waals surface area contributed by atoms with Crippen LogP contribution in [0.3, 0.4) is 0 Å². The first kappa shape index (κ1) is 19.4. The maximum absolute atomic E-state index is 6.38. The SMILES string of the molecule is CCN1CCN(C(C)(C)c2ccc(N)c(C3=CCC(C)(C)CC3)c2)CC1. The van der Waals surface area contributed by atoms with E-state index in [0.717, 1.165) is 38.2 Å². The van der Waals surface area contributed by atoms with Crippen LogP contribution < -0.4 is 5.73 Å². The van der Waals surface area contributed by atoms with Gasteiger partial charge in [-0.1, -0.05) is 32.9 Å². The van der Waals surface area contributed by atoms with Crippen molar-refractivity contribution in [1.82, 2.24) is 9.80 Å². The Morgan fingerprint density at radius 1 is 1.12 bits per heavy atom. The van der Waals surface area contributed by atoms with Crippen LogP contribution in [0.2, 0.25) is 0 Å². The Hall–Kier alpha value is -1.32. The molecular weight excluding hydrogens is 318 g/mol. The quantitative estimate of drug-likeness (QED) is 0.792. The van der Waals surface area contributed by atoms with Crippen LogP contribution in [-0.4, -0.2) is 42.5 Å². The van der Waals surface area contributed by atoms with Crippen LogP contribution in [-0.2, 0) is 5.54 Å². The van der Waals surface area contributed by atoms with Gasteiger partial charge >= 0.3 is 0 Å². The van der Waals surface area contributed by atoms with Crippen LogP contribution in [0.1, 0.15) is 65.0 Å². The largest absolute Gasteiger partial charge is 0.398 e. The number of benzene rings is 1. The fourth-order valence-electron chi connectivity index (χ4n) is 4.34. The number of nitrogens with zero attached hydrogens (tertiary/aromatic N) is 2. The van der Waals surface area contributed by atoms with Crippen molar-refractivity contribution in [3.05, 3.63) is 35.4 Å². The zero-order valence-electron chi connectivity index (χ0n) is 17.4. The van der Waals surface area contributed by atoms with Crippen molar-refractivity contribution in [3.8, 4) is 0 Å². The maximum Gasteiger partial charge on any atom is 0.0405 e. The van der Waals surface area contributed by atoms with Crippen molar-refractivity contribution in [2.24, 2.45) is 5.41 Å². The van der Waals surface area contributed by atoms with Gasteiger partial charge in [0.05, 0.1) is 0 Å². The van der Waals surface area contributed by atoms with Gasteiger partial charge in [0, 0.05) is 43.0 Å². The molecule has 1 fully saturated rings. The Kier molecular flexibility index (Phi) is 5.50. The van der Waals surface area contributed by atoms with Crippen LogP contribution in [0.15, 0.2) is 24.3 Å². The van der Waals surface area contributed by atoms with E-state index in [2.05, 4.69) is 68.7 Å². The molecule has 0 atom stereocenters. The van der Waals surface area contributed by atoms with Gasteiger partial charge in [-0.3, -0.25) is 4.90 Å². The monoisotopic (exact) mass is 355 g/mol. The van der Waals surface area contributed by atoms with Gasteiger partial charge in [0.15, 0.2) is 0 Å². The van der Waals surface area contributed by atoms with Gasteiger partial charge in [0.25, 0.3) is 0 Å². The number of hydrogen-bond donors (Lipinski definition) is 1. The summed E-state index contributed by atoms with van der Waals surface area (Å²) in [5.74, 6) is 0. The standard InChI is InChI=1S/C23H37N3/c1-6-25-13-15-26(16-14-25)23(4,5)19-7-8-21(24)20(17-19)18-9-11-22(2,3)12-10-18/h7-9,17H,6,10-16,24H2,1-5H3. The second kappa shape index (κ2) is 7.36. The molecule has 0 bridgehead atoms. The smallest absolute Gasteiger partial charge is 0.0405 e. The lowest BCUT2D eigenvalue weighted by Crippen LogP contribution is -2.53. The first-order chi connectivity index (χ1) is 12.2. The third-order valence-corrected chi connectivity index (χ3v) is 6.69. The third kappa shape index (κ3) is 3.99. The number of nitrogens with two attached hydrogens (primary N) is 1. The Balaban J connectivity index is 1.84. The summed E-state index contributed by atoms with van der Waals surface area (Å²) in [6, 6.07) is 6.72. The van der Waals surface area contributed by atoms with Crippen LogP contribution in [0.25, 0.3) is 5.57 Å². The molecule has 1 aromatic carbocycles. The molecule has 26 heavy (non-hydrogen) atoms. The Bertz CT molecular complexity index is 664. The number of rotatable bonds is 4. The summed E-state index contributed by atoms with van der Waals surface area (Å²) in [4.78, 5) is 5.17. The molecule has 1 aliphatic heterocycles. The van der Waals surface area contributed by atoms with Crippen molar-refractivity contribution >= 4 is 11.3 Å². The van der Waals surface area contributed by atoms with Gasteiger partial charge < -0.3 is 10.6 Å². The van der Waals surface area contributed by atoms with Crippen molar-refractivity contribution in [2.45, 2.75) is 59.4 Å². The van der Waals surface area contributed by atoms with Gasteiger partial charge in [-0.15, -0.1) is 0 Å². The molecule has 2 aliphatic rings. The zero-order chi connectivity index (χ0) is 18.9. The van der Waals surface area contributed by atoms with E-state index in [-0.39, 0.29) is 5.54 Å². The van der Waals surface area contributed by atoms with E-state index < -0.39 is 0 Å². The van der Waals surface area contributed by atoms with Gasteiger partial charge in [-0.25, -0.2) is 0 Å². The number of allylic oxidation sites excluding steroid dienone is 2. The predicted octanol–water partition coefficient (Wildman–Crippen LogP) is 4.73. The molecule has 144 valence electrons. The Morgan fingerprint density at radius 2 is 1.81 bits per heavy atom. The number of hydrogen-bond acceptors (Lipinski definition) is 3. The predicted molar refractivity (Wildman–Crippen MR) is 113 cm³/mol. The molecule has 0 aromatic heterocycles. The minimum Gasteiger partial charge on any atom is -0.398 e. The highest BCUT2D eigenvalue weighted by molar-refractivity contribution is 5.76. The summed E-state index contributed by atoms with van der Waals surface area (Å²) in [7, 11) is 0. The second-order valence-corrected chi connectivity index (χ2v) is 9.38. The second-order valence-electron chi connectivity index (χ2n) is 9.38. The van der Waals surface area contributed by atoms with Crippen molar-refractivity contribution < 1.29 is 0 Å². The van der Waals surface area contributed by atoms with Crippen molar-refractivity contribution in [2.75, 3.05) is 38.5 Å². The molecule has 2 N–H and O–H groups in total. The molecule has 1 saturated heterocycles. The van der Waals surface area contributed by atoms with Crippen molar-refractivity contribution in [1.29, 1.82) is 0 Å². The zero-order valence-corrected chi connectivity index (χ0v) is 17.4. The highest BCUT2D eigenvalue weighted by Gasteiger charge is 2.32. The Labute approximate surface area is 160 Å². The summed E-state index contributed by atoms with van der Waals surface area (Å²) in [5.41, 5.74) is 11.9. The fraction of sp³-hybridized carbons (Fsp3) is 0.652. The van der Waals surface area contributed by atoms with Gasteiger partial charge in [0.1, 0.15) is 0 Å². The summed E-state index contributed by atoms with van der Waals surface area (Å²) < 4.78 is 0. The van der Waals surface area contributed by atoms with Crippen molar-refractivity contribution in [3.63, 3.8) is 0 Å². The lowest BCUT2D eigenvalue weighted by molar-refractivity contribution is 0.0527. The lowest BCUT2D eigenvalue weighted by Gasteiger charge is -2.44. The number of piperazine rings is 1. The molecule has 3 heteroatoms. The lowest BCUT2D eigenvalue weighted by atomic mass is 9.76. The van der Waals surface area contributed by atoms with Gasteiger partial charge in [-0.05, 0) is 68.3 Å². The molecule has 1 aromatic rings. The molecule has 1 aliphatic carbocycles. The third-order valence-electron chi connectivity index (χ3n) is 6.69. The van der Waals surface area contributed by atoms with E-state index in [9.17, 15) is 0 Å². The van der Waals surface area contributed by atoms with Crippen LogP contribution in [0, 0.1) is 5.41 Å². The molecule has 3 rings (SSSR count). The van der Waals surface area contributed by atoms with E-state index in [1.807, 2.05) is 0 Å². The average Bonchev–Trinajstić information content (AvgIpc) is 2.62. The summed E-state index contributed by atoms with van der Waals surface area (Å²) in [6.07, 6.45) is 5.95. The van der Waals surface area contributed by atoms with E-state index in [4.69, 9.17) is 5.73 Å². The number of likely N-dealkylation sites (N-methyl/N-ethyl adjacent to an activating group) is 1. The highest BCUT2D eigenvalue weighted by Crippen LogP contribution is 2.40. The van der Waals surface area contributed by atoms with Gasteiger partial charge in [0.2, 0.25) is 0 Å². The molecule has 0 radical (unpaired) electrons. The molecule has 0 unspecified atom stereocenters. The molecule has 0 spiro atoms. The molecule has 0 amide bonds. The first-order valence-corrected chi connectivity index (χ1v) is 10.3. The van der Waals surface area contributed by atoms with Crippen LogP contribution >= 0.6 is 0 Å². The average molecular weight is 356 g/mol. The molecule has 1 heterocycles. The summed E-state index contributed by atoms with van der Waals surface area (Å²) in [6.45, 7) is 17.5. The molecular formula is C23H37N3. The van der Waals surface area contributed by atoms with Crippen LogP contribution in [0.4, 0.5) is 5.69 Å². The minimum atomic E-state index is 0.0385. The Morgan fingerprint density at radius 3 is 2.38 bits per heavy atom. The normalized spacial score (nSPS) is 22.3. The fourth-order valence-corrected chi connectivity index (χ4v) is 4.34.